The molecule has 3 aliphatic heterocycles. The van der Waals surface area contributed by atoms with Crippen LogP contribution in [0.1, 0.15) is 66.9 Å². The predicted molar refractivity (Wildman–Crippen MR) is 209 cm³/mol. The number of sulfonamides is 1. The van der Waals surface area contributed by atoms with Gasteiger partial charge in [0.05, 0.1) is 28.9 Å². The zero-order valence-corrected chi connectivity index (χ0v) is 33.5. The van der Waals surface area contributed by atoms with E-state index in [9.17, 15) is 16.8 Å². The summed E-state index contributed by atoms with van der Waals surface area (Å²) in [6, 6.07) is 16.6. The van der Waals surface area contributed by atoms with Crippen molar-refractivity contribution in [1.82, 2.24) is 19.0 Å². The Labute approximate surface area is 323 Å². The molecule has 0 saturated carbocycles. The zero-order chi connectivity index (χ0) is 37.9. The standard InChI is InChI=1S/C38H47Cl2N5O6S2/c1-4-51-33-25-27(2)34(53(49,50)44-18-6-5-7-19-44)26-32(33)37-41-35(28-9-13-30(39)14-10-28)36(29-11-15-31(40)16-12-29)45(37)38(46)43-22-20-42(21-23-43)17-8-24-52(3,47)48/h9-16,25-26,35-36H,4-8,17-24H2,1-3H3/t35-,36+/m0/s1. The molecule has 0 aromatic heterocycles. The van der Waals surface area contributed by atoms with Gasteiger partial charge in [-0.2, -0.15) is 4.31 Å². The van der Waals surface area contributed by atoms with Crippen LogP contribution in [0.2, 0.25) is 10.0 Å². The first-order chi connectivity index (χ1) is 25.3. The molecule has 0 bridgehead atoms. The highest BCUT2D eigenvalue weighted by molar-refractivity contribution is 7.90. The maximum absolute atomic E-state index is 15.0. The lowest BCUT2D eigenvalue weighted by atomic mass is 9.93. The highest BCUT2D eigenvalue weighted by Gasteiger charge is 2.45. The van der Waals surface area contributed by atoms with E-state index in [0.29, 0.717) is 91.6 Å². The number of nitrogens with zero attached hydrogens (tertiary/aromatic N) is 5. The predicted octanol–water partition coefficient (Wildman–Crippen LogP) is 6.59. The summed E-state index contributed by atoms with van der Waals surface area (Å²) >= 11 is 12.7. The van der Waals surface area contributed by atoms with E-state index >= 15 is 4.79 Å². The molecular formula is C38H47Cl2N5O6S2. The minimum atomic E-state index is -3.86. The lowest BCUT2D eigenvalue weighted by Gasteiger charge is -2.39. The topological polar surface area (TPSA) is 120 Å². The SMILES string of the molecule is CCOc1cc(C)c(S(=O)(=O)N2CCCCC2)cc1C1=N[C@@H](c2ccc(Cl)cc2)[C@@H](c2ccc(Cl)cc2)N1C(=O)N1CCN(CCCS(C)(=O)=O)CC1. The third-order valence-corrected chi connectivity index (χ3v) is 13.7. The second-order valence-electron chi connectivity index (χ2n) is 13.9. The first kappa shape index (κ1) is 39.5. The van der Waals surface area contributed by atoms with Crippen molar-refractivity contribution in [1.29, 1.82) is 0 Å². The Morgan fingerprint density at radius 2 is 1.45 bits per heavy atom. The normalized spacial score (nSPS) is 20.4. The minimum Gasteiger partial charge on any atom is -0.493 e. The number of urea groups is 1. The number of piperidine rings is 1. The van der Waals surface area contributed by atoms with Gasteiger partial charge in [0.1, 0.15) is 27.5 Å². The molecule has 15 heteroatoms. The Kier molecular flexibility index (Phi) is 12.4. The third kappa shape index (κ3) is 9.03. The van der Waals surface area contributed by atoms with Crippen molar-refractivity contribution in [3.05, 3.63) is 93.0 Å². The molecule has 2 saturated heterocycles. The Morgan fingerprint density at radius 3 is 2.04 bits per heavy atom. The molecular weight excluding hydrogens is 757 g/mol. The smallest absolute Gasteiger partial charge is 0.326 e. The molecule has 3 aliphatic rings. The molecule has 286 valence electrons. The van der Waals surface area contributed by atoms with E-state index in [1.165, 1.54) is 6.26 Å². The van der Waals surface area contributed by atoms with Gasteiger partial charge >= 0.3 is 6.03 Å². The van der Waals surface area contributed by atoms with Gasteiger partial charge in [0.15, 0.2) is 0 Å². The summed E-state index contributed by atoms with van der Waals surface area (Å²) in [6.45, 7) is 7.46. The quantitative estimate of drug-likeness (QED) is 0.215. The second-order valence-corrected chi connectivity index (χ2v) is 19.0. The van der Waals surface area contributed by atoms with E-state index < -0.39 is 31.9 Å². The number of aliphatic imine (C=N–C) groups is 1. The number of ether oxygens (including phenoxy) is 1. The molecule has 2 atom stereocenters. The molecule has 11 nitrogen and oxygen atoms in total. The van der Waals surface area contributed by atoms with E-state index in [0.717, 1.165) is 30.4 Å². The first-order valence-electron chi connectivity index (χ1n) is 18.1. The van der Waals surface area contributed by atoms with Crippen molar-refractivity contribution in [3.63, 3.8) is 0 Å². The van der Waals surface area contributed by atoms with Crippen LogP contribution in [0.15, 0.2) is 70.6 Å². The molecule has 0 N–H and O–H groups in total. The summed E-state index contributed by atoms with van der Waals surface area (Å²) in [5.41, 5.74) is 2.59. The number of halogens is 2. The average molecular weight is 805 g/mol. The van der Waals surface area contributed by atoms with Crippen molar-refractivity contribution < 1.29 is 26.4 Å². The van der Waals surface area contributed by atoms with Crippen LogP contribution < -0.4 is 4.74 Å². The van der Waals surface area contributed by atoms with Crippen LogP contribution in [-0.2, 0) is 19.9 Å². The fourth-order valence-corrected chi connectivity index (χ4v) is 10.0. The molecule has 0 unspecified atom stereocenters. The number of sulfone groups is 1. The summed E-state index contributed by atoms with van der Waals surface area (Å²) in [6.07, 6.45) is 4.35. The highest BCUT2D eigenvalue weighted by atomic mass is 35.5. The van der Waals surface area contributed by atoms with Crippen LogP contribution in [0.3, 0.4) is 0 Å². The zero-order valence-electron chi connectivity index (χ0n) is 30.4. The third-order valence-electron chi connectivity index (χ3n) is 10.1. The summed E-state index contributed by atoms with van der Waals surface area (Å²) in [5.74, 6) is 0.855. The Bertz CT molecular complexity index is 2030. The van der Waals surface area contributed by atoms with Crippen LogP contribution in [-0.4, -0.2) is 112 Å². The summed E-state index contributed by atoms with van der Waals surface area (Å²) in [5, 5.41) is 1.11. The molecule has 3 aromatic rings. The summed E-state index contributed by atoms with van der Waals surface area (Å²) < 4.78 is 59.5. The van der Waals surface area contributed by atoms with Gasteiger partial charge in [-0.05, 0) is 92.7 Å². The molecule has 0 spiro atoms. The molecule has 3 heterocycles. The van der Waals surface area contributed by atoms with Crippen molar-refractivity contribution in [2.45, 2.75) is 56.5 Å². The lowest BCUT2D eigenvalue weighted by molar-refractivity contribution is 0.119. The fourth-order valence-electron chi connectivity index (χ4n) is 7.35. The Hall–Kier alpha value is -3.20. The molecule has 2 amide bonds. The number of hydrogen-bond acceptors (Lipinski definition) is 8. The largest absolute Gasteiger partial charge is 0.493 e. The number of amides is 2. The molecule has 0 aliphatic carbocycles. The van der Waals surface area contributed by atoms with Gasteiger partial charge in [-0.1, -0.05) is 53.9 Å². The van der Waals surface area contributed by atoms with Crippen LogP contribution in [0.25, 0.3) is 0 Å². The van der Waals surface area contributed by atoms with E-state index in [-0.39, 0.29) is 16.7 Å². The van der Waals surface area contributed by atoms with Crippen molar-refractivity contribution >= 4 is 54.9 Å². The van der Waals surface area contributed by atoms with E-state index in [1.807, 2.05) is 31.2 Å². The first-order valence-corrected chi connectivity index (χ1v) is 22.4. The molecule has 2 fully saturated rings. The van der Waals surface area contributed by atoms with Crippen LogP contribution >= 0.6 is 23.2 Å². The van der Waals surface area contributed by atoms with Gasteiger partial charge in [-0.3, -0.25) is 14.8 Å². The maximum Gasteiger partial charge on any atom is 0.326 e. The number of piperazine rings is 1. The number of carbonyl (C=O) groups excluding carboxylic acids is 1. The van der Waals surface area contributed by atoms with Crippen molar-refractivity contribution in [2.75, 3.05) is 64.4 Å². The maximum atomic E-state index is 15.0. The molecule has 3 aromatic carbocycles. The van der Waals surface area contributed by atoms with Gasteiger partial charge in [0, 0.05) is 55.6 Å². The highest BCUT2D eigenvalue weighted by Crippen LogP contribution is 2.46. The number of rotatable bonds is 11. The number of amidine groups is 1. The van der Waals surface area contributed by atoms with Crippen molar-refractivity contribution in [2.24, 2.45) is 4.99 Å². The van der Waals surface area contributed by atoms with Gasteiger partial charge in [0.25, 0.3) is 0 Å². The number of benzene rings is 3. The van der Waals surface area contributed by atoms with E-state index in [4.69, 9.17) is 32.9 Å². The van der Waals surface area contributed by atoms with Crippen LogP contribution in [0, 0.1) is 6.92 Å². The number of carbonyl (C=O) groups is 1. The molecule has 0 radical (unpaired) electrons. The summed E-state index contributed by atoms with van der Waals surface area (Å²) in [7, 11) is -6.93. The lowest BCUT2D eigenvalue weighted by Crippen LogP contribution is -2.54. The van der Waals surface area contributed by atoms with E-state index in [1.54, 1.807) is 57.4 Å². The number of aryl methyl sites for hydroxylation is 1. The van der Waals surface area contributed by atoms with Gasteiger partial charge in [-0.15, -0.1) is 0 Å². The second kappa shape index (κ2) is 16.7. The Balaban J connectivity index is 1.46. The average Bonchev–Trinajstić information content (AvgIpc) is 3.52. The van der Waals surface area contributed by atoms with Gasteiger partial charge in [-0.25, -0.2) is 21.6 Å². The van der Waals surface area contributed by atoms with Gasteiger partial charge in [0.2, 0.25) is 10.0 Å². The van der Waals surface area contributed by atoms with E-state index in [2.05, 4.69) is 4.90 Å². The van der Waals surface area contributed by atoms with Crippen molar-refractivity contribution in [3.8, 4) is 5.75 Å². The monoisotopic (exact) mass is 803 g/mol. The number of hydrogen-bond donors (Lipinski definition) is 0. The summed E-state index contributed by atoms with van der Waals surface area (Å²) in [4.78, 5) is 26.1. The van der Waals surface area contributed by atoms with Crippen LogP contribution in [0.5, 0.6) is 5.75 Å². The minimum absolute atomic E-state index is 0.114. The molecule has 6 rings (SSSR count). The molecule has 53 heavy (non-hydrogen) atoms. The van der Waals surface area contributed by atoms with Crippen LogP contribution in [0.4, 0.5) is 4.79 Å². The Morgan fingerprint density at radius 1 is 0.849 bits per heavy atom. The van der Waals surface area contributed by atoms with Gasteiger partial charge < -0.3 is 9.64 Å². The fraction of sp³-hybridized carbons (Fsp3) is 0.474.